The van der Waals surface area contributed by atoms with Crippen LogP contribution in [0.15, 0.2) is 59.0 Å². The van der Waals surface area contributed by atoms with Gasteiger partial charge in [0.25, 0.3) is 5.91 Å². The van der Waals surface area contributed by atoms with Crippen LogP contribution in [0.25, 0.3) is 11.3 Å². The summed E-state index contributed by atoms with van der Waals surface area (Å²) >= 11 is 5.32. The maximum Gasteiger partial charge on any atom is 0.257 e. The monoisotopic (exact) mass is 440 g/mol. The van der Waals surface area contributed by atoms with Crippen LogP contribution in [0.5, 0.6) is 11.5 Å². The lowest BCUT2D eigenvalue weighted by molar-refractivity contribution is 0.0977. The van der Waals surface area contributed by atoms with Gasteiger partial charge in [-0.05, 0) is 74.6 Å². The van der Waals surface area contributed by atoms with Gasteiger partial charge < -0.3 is 24.3 Å². The summed E-state index contributed by atoms with van der Waals surface area (Å²) in [7, 11) is 1.54. The number of carbonyl (C=O) groups excluding carboxylic acids is 1. The van der Waals surface area contributed by atoms with Crippen molar-refractivity contribution in [3.8, 4) is 22.8 Å². The Balaban J connectivity index is 1.73. The smallest absolute Gasteiger partial charge is 0.257 e. The van der Waals surface area contributed by atoms with Gasteiger partial charge in [0.05, 0.1) is 18.9 Å². The van der Waals surface area contributed by atoms with E-state index < -0.39 is 0 Å². The van der Waals surface area contributed by atoms with E-state index in [-0.39, 0.29) is 23.7 Å². The number of aliphatic hydroxyl groups excluding tert-OH is 1. The highest BCUT2D eigenvalue weighted by Crippen LogP contribution is 2.31. The van der Waals surface area contributed by atoms with Gasteiger partial charge in [-0.3, -0.25) is 10.1 Å². The Labute approximate surface area is 186 Å². The zero-order chi connectivity index (χ0) is 22.4. The second-order valence-corrected chi connectivity index (χ2v) is 7.35. The molecule has 0 saturated heterocycles. The number of nitrogens with one attached hydrogen (secondary N) is 2. The minimum absolute atomic E-state index is 0.00316. The predicted octanol–water partition coefficient (Wildman–Crippen LogP) is 4.36. The number of ether oxygens (including phenoxy) is 2. The molecule has 1 amide bonds. The zero-order valence-corrected chi connectivity index (χ0v) is 18.3. The molecule has 0 radical (unpaired) electrons. The van der Waals surface area contributed by atoms with E-state index in [2.05, 4.69) is 10.6 Å². The molecule has 0 aliphatic heterocycles. The number of benzene rings is 2. The molecule has 1 heterocycles. The van der Waals surface area contributed by atoms with Gasteiger partial charge in [-0.2, -0.15) is 0 Å². The first-order chi connectivity index (χ1) is 14.9. The Hall–Kier alpha value is -3.36. The fourth-order valence-electron chi connectivity index (χ4n) is 2.89. The summed E-state index contributed by atoms with van der Waals surface area (Å²) in [6.45, 7) is 3.65. The van der Waals surface area contributed by atoms with Crippen molar-refractivity contribution < 1.29 is 23.8 Å². The van der Waals surface area contributed by atoms with Gasteiger partial charge in [0.1, 0.15) is 29.6 Å². The van der Waals surface area contributed by atoms with Crippen molar-refractivity contribution in [2.45, 2.75) is 26.6 Å². The molecule has 0 spiro atoms. The number of amides is 1. The van der Waals surface area contributed by atoms with Crippen molar-refractivity contribution in [2.24, 2.45) is 0 Å². The Morgan fingerprint density at radius 1 is 1.16 bits per heavy atom. The molecular formula is C23H24N2O5S. The topological polar surface area (TPSA) is 93.0 Å². The Morgan fingerprint density at radius 3 is 2.65 bits per heavy atom. The highest BCUT2D eigenvalue weighted by Gasteiger charge is 2.13. The molecule has 3 rings (SSSR count). The van der Waals surface area contributed by atoms with Crippen molar-refractivity contribution in [3.05, 3.63) is 65.9 Å². The van der Waals surface area contributed by atoms with Gasteiger partial charge >= 0.3 is 0 Å². The molecule has 3 N–H and O–H groups in total. The van der Waals surface area contributed by atoms with Gasteiger partial charge in [0, 0.05) is 11.1 Å². The molecule has 0 unspecified atom stereocenters. The van der Waals surface area contributed by atoms with Crippen LogP contribution < -0.4 is 20.1 Å². The van der Waals surface area contributed by atoms with E-state index in [9.17, 15) is 9.90 Å². The van der Waals surface area contributed by atoms with E-state index >= 15 is 0 Å². The maximum atomic E-state index is 12.6. The van der Waals surface area contributed by atoms with E-state index in [0.29, 0.717) is 34.3 Å². The summed E-state index contributed by atoms with van der Waals surface area (Å²) in [4.78, 5) is 12.6. The van der Waals surface area contributed by atoms with Crippen molar-refractivity contribution in [3.63, 3.8) is 0 Å². The normalized spacial score (nSPS) is 10.6. The van der Waals surface area contributed by atoms with Gasteiger partial charge in [-0.25, -0.2) is 0 Å². The molecule has 3 aromatic rings. The SMILES string of the molecule is COc1ccc(-c2ccc(CO)o2)cc1NC(=S)NC(=O)c1cccc(OC(C)C)c1. The van der Waals surface area contributed by atoms with E-state index in [1.807, 2.05) is 19.9 Å². The molecule has 8 heteroatoms. The van der Waals surface area contributed by atoms with Crippen molar-refractivity contribution in [1.82, 2.24) is 5.32 Å². The zero-order valence-electron chi connectivity index (χ0n) is 17.5. The number of hydrogen-bond acceptors (Lipinski definition) is 6. The molecule has 0 aliphatic carbocycles. The Morgan fingerprint density at radius 2 is 1.97 bits per heavy atom. The minimum atomic E-state index is -0.361. The minimum Gasteiger partial charge on any atom is -0.495 e. The van der Waals surface area contributed by atoms with Crippen molar-refractivity contribution >= 4 is 28.9 Å². The number of carbonyl (C=O) groups is 1. The average molecular weight is 441 g/mol. The average Bonchev–Trinajstić information content (AvgIpc) is 3.22. The summed E-state index contributed by atoms with van der Waals surface area (Å²) in [5, 5.41) is 15.0. The fraction of sp³-hybridized carbons (Fsp3) is 0.217. The van der Waals surface area contributed by atoms with E-state index in [1.165, 1.54) is 0 Å². The Kier molecular flexibility index (Phi) is 7.28. The molecule has 7 nitrogen and oxygen atoms in total. The third-order valence-electron chi connectivity index (χ3n) is 4.24. The number of furan rings is 1. The van der Waals surface area contributed by atoms with E-state index in [1.54, 1.807) is 55.6 Å². The summed E-state index contributed by atoms with van der Waals surface area (Å²) in [5.41, 5.74) is 1.75. The first kappa shape index (κ1) is 22.3. The van der Waals surface area contributed by atoms with Gasteiger partial charge in [-0.1, -0.05) is 6.07 Å². The first-order valence-corrected chi connectivity index (χ1v) is 10.1. The van der Waals surface area contributed by atoms with Crippen molar-refractivity contribution in [2.75, 3.05) is 12.4 Å². The van der Waals surface area contributed by atoms with Crippen LogP contribution in [-0.4, -0.2) is 29.3 Å². The lowest BCUT2D eigenvalue weighted by Gasteiger charge is -2.14. The third kappa shape index (κ3) is 5.84. The highest BCUT2D eigenvalue weighted by atomic mass is 32.1. The second-order valence-electron chi connectivity index (χ2n) is 6.94. The first-order valence-electron chi connectivity index (χ1n) is 9.66. The number of anilines is 1. The number of thiocarbonyl (C=S) groups is 1. The third-order valence-corrected chi connectivity index (χ3v) is 4.45. The Bertz CT molecular complexity index is 1080. The summed E-state index contributed by atoms with van der Waals surface area (Å²) in [6.07, 6.45) is 0.00316. The van der Waals surface area contributed by atoms with Crippen LogP contribution in [0.1, 0.15) is 30.0 Å². The van der Waals surface area contributed by atoms with Gasteiger partial charge in [0.15, 0.2) is 5.11 Å². The quantitative estimate of drug-likeness (QED) is 0.470. The van der Waals surface area contributed by atoms with E-state index in [4.69, 9.17) is 26.1 Å². The lowest BCUT2D eigenvalue weighted by Crippen LogP contribution is -2.34. The number of rotatable bonds is 7. The molecule has 31 heavy (non-hydrogen) atoms. The van der Waals surface area contributed by atoms with Crippen LogP contribution in [0.4, 0.5) is 5.69 Å². The lowest BCUT2D eigenvalue weighted by atomic mass is 10.1. The molecule has 1 aromatic heterocycles. The van der Waals surface area contributed by atoms with Crippen LogP contribution in [-0.2, 0) is 6.61 Å². The standard InChI is InChI=1S/C23H24N2O5S/c1-14(2)29-17-6-4-5-16(11-17)22(27)25-23(31)24-19-12-15(7-9-21(19)28-3)20-10-8-18(13-26)30-20/h4-12,14,26H,13H2,1-3H3,(H2,24,25,27,31). The summed E-state index contributed by atoms with van der Waals surface area (Å²) < 4.78 is 16.6. The molecule has 0 fully saturated rings. The number of aliphatic hydroxyl groups is 1. The molecule has 0 atom stereocenters. The predicted molar refractivity (Wildman–Crippen MR) is 123 cm³/mol. The van der Waals surface area contributed by atoms with Gasteiger partial charge in [-0.15, -0.1) is 0 Å². The second kappa shape index (κ2) is 10.1. The van der Waals surface area contributed by atoms with E-state index in [0.717, 1.165) is 5.56 Å². The van der Waals surface area contributed by atoms with Crippen LogP contribution in [0, 0.1) is 0 Å². The summed E-state index contributed by atoms with van der Waals surface area (Å²) in [6, 6.07) is 15.7. The summed E-state index contributed by atoms with van der Waals surface area (Å²) in [5.74, 6) is 1.84. The van der Waals surface area contributed by atoms with Crippen LogP contribution in [0.3, 0.4) is 0 Å². The maximum absolute atomic E-state index is 12.6. The number of hydrogen-bond donors (Lipinski definition) is 3. The van der Waals surface area contributed by atoms with Crippen LogP contribution in [0.2, 0.25) is 0 Å². The number of methoxy groups -OCH3 is 1. The molecule has 0 saturated carbocycles. The molecule has 0 bridgehead atoms. The molecule has 0 aliphatic rings. The van der Waals surface area contributed by atoms with Crippen LogP contribution >= 0.6 is 12.2 Å². The molecular weight excluding hydrogens is 416 g/mol. The molecule has 162 valence electrons. The van der Waals surface area contributed by atoms with Gasteiger partial charge in [0.2, 0.25) is 0 Å². The highest BCUT2D eigenvalue weighted by molar-refractivity contribution is 7.80. The van der Waals surface area contributed by atoms with Crippen molar-refractivity contribution in [1.29, 1.82) is 0 Å². The largest absolute Gasteiger partial charge is 0.495 e. The fourth-order valence-corrected chi connectivity index (χ4v) is 3.09. The molecule has 2 aromatic carbocycles.